The lowest BCUT2D eigenvalue weighted by molar-refractivity contribution is -0.134. The summed E-state index contributed by atoms with van der Waals surface area (Å²) < 4.78 is 0. The van der Waals surface area contributed by atoms with Crippen molar-refractivity contribution in [1.29, 1.82) is 0 Å². The van der Waals surface area contributed by atoms with E-state index in [9.17, 15) is 4.79 Å². The van der Waals surface area contributed by atoms with E-state index < -0.39 is 5.97 Å². The summed E-state index contributed by atoms with van der Waals surface area (Å²) in [6, 6.07) is 6.21. The van der Waals surface area contributed by atoms with Gasteiger partial charge in [0.2, 0.25) is 0 Å². The van der Waals surface area contributed by atoms with E-state index in [1.807, 2.05) is 12.1 Å². The summed E-state index contributed by atoms with van der Waals surface area (Å²) in [4.78, 5) is 13.4. The maximum atomic E-state index is 10.8. The van der Waals surface area contributed by atoms with Gasteiger partial charge in [-0.1, -0.05) is 26.0 Å². The third-order valence-electron chi connectivity index (χ3n) is 4.48. The highest BCUT2D eigenvalue weighted by Gasteiger charge is 2.35. The molecule has 0 atom stereocenters. The number of rotatable bonds is 5. The standard InChI is InChI=1S/C17H24N2O2/c1-17(2)11-19(9-12-6-7-12)10-13-4-3-5-14(16(13)17)18-8-15(20)21/h3-5,12,18H,6-11H2,1-2H3,(H,20,21). The fourth-order valence-electron chi connectivity index (χ4n) is 3.58. The Morgan fingerprint density at radius 3 is 2.86 bits per heavy atom. The Bertz CT molecular complexity index is 550. The minimum atomic E-state index is -0.823. The molecule has 3 rings (SSSR count). The number of hydrogen-bond acceptors (Lipinski definition) is 3. The number of nitrogens with one attached hydrogen (secondary N) is 1. The van der Waals surface area contributed by atoms with Gasteiger partial charge in [0, 0.05) is 30.7 Å². The molecule has 0 spiro atoms. The molecule has 0 unspecified atom stereocenters. The monoisotopic (exact) mass is 288 g/mol. The van der Waals surface area contributed by atoms with Crippen molar-refractivity contribution < 1.29 is 9.90 Å². The van der Waals surface area contributed by atoms with E-state index in [0.717, 1.165) is 24.7 Å². The Morgan fingerprint density at radius 2 is 2.19 bits per heavy atom. The first-order chi connectivity index (χ1) is 9.95. The van der Waals surface area contributed by atoms with Crippen LogP contribution in [0.15, 0.2) is 18.2 Å². The van der Waals surface area contributed by atoms with Crippen molar-refractivity contribution in [3.63, 3.8) is 0 Å². The molecule has 1 heterocycles. The summed E-state index contributed by atoms with van der Waals surface area (Å²) >= 11 is 0. The zero-order chi connectivity index (χ0) is 15.0. The Kier molecular flexibility index (Phi) is 3.66. The molecule has 0 amide bonds. The van der Waals surface area contributed by atoms with Gasteiger partial charge in [-0.25, -0.2) is 0 Å². The first kappa shape index (κ1) is 14.4. The van der Waals surface area contributed by atoms with Crippen molar-refractivity contribution in [3.8, 4) is 0 Å². The van der Waals surface area contributed by atoms with Gasteiger partial charge < -0.3 is 10.4 Å². The van der Waals surface area contributed by atoms with Gasteiger partial charge in [-0.2, -0.15) is 0 Å². The summed E-state index contributed by atoms with van der Waals surface area (Å²) in [6.45, 7) is 7.72. The van der Waals surface area contributed by atoms with Crippen molar-refractivity contribution in [2.75, 3.05) is 25.0 Å². The molecule has 4 nitrogen and oxygen atoms in total. The lowest BCUT2D eigenvalue weighted by Crippen LogP contribution is -2.43. The summed E-state index contributed by atoms with van der Waals surface area (Å²) in [5, 5.41) is 12.0. The average molecular weight is 288 g/mol. The molecule has 114 valence electrons. The largest absolute Gasteiger partial charge is 0.480 e. The number of anilines is 1. The van der Waals surface area contributed by atoms with Crippen LogP contribution in [0.1, 0.15) is 37.8 Å². The van der Waals surface area contributed by atoms with Crippen LogP contribution < -0.4 is 5.32 Å². The molecule has 1 aromatic carbocycles. The van der Waals surface area contributed by atoms with Gasteiger partial charge in [-0.15, -0.1) is 0 Å². The number of carbonyl (C=O) groups is 1. The van der Waals surface area contributed by atoms with Crippen molar-refractivity contribution in [2.24, 2.45) is 5.92 Å². The maximum absolute atomic E-state index is 10.8. The molecular formula is C17H24N2O2. The Hall–Kier alpha value is -1.55. The molecule has 1 fully saturated rings. The van der Waals surface area contributed by atoms with Crippen LogP contribution in [0, 0.1) is 5.92 Å². The molecule has 0 saturated heterocycles. The third-order valence-corrected chi connectivity index (χ3v) is 4.48. The molecule has 0 aromatic heterocycles. The van der Waals surface area contributed by atoms with Crippen LogP contribution in [0.3, 0.4) is 0 Å². The van der Waals surface area contributed by atoms with Gasteiger partial charge in [0.15, 0.2) is 0 Å². The quantitative estimate of drug-likeness (QED) is 0.874. The molecule has 1 aromatic rings. The van der Waals surface area contributed by atoms with Crippen LogP contribution >= 0.6 is 0 Å². The van der Waals surface area contributed by atoms with E-state index in [1.54, 1.807) is 0 Å². The highest BCUT2D eigenvalue weighted by atomic mass is 16.4. The van der Waals surface area contributed by atoms with Crippen molar-refractivity contribution in [2.45, 2.75) is 38.6 Å². The van der Waals surface area contributed by atoms with Gasteiger partial charge >= 0.3 is 5.97 Å². The maximum Gasteiger partial charge on any atom is 0.322 e. The smallest absolute Gasteiger partial charge is 0.322 e. The molecule has 1 aliphatic carbocycles. The fraction of sp³-hybridized carbons (Fsp3) is 0.588. The van der Waals surface area contributed by atoms with E-state index in [2.05, 4.69) is 30.1 Å². The highest BCUT2D eigenvalue weighted by molar-refractivity contribution is 5.74. The summed E-state index contributed by atoms with van der Waals surface area (Å²) in [6.07, 6.45) is 2.76. The first-order valence-corrected chi connectivity index (χ1v) is 7.76. The molecule has 0 bridgehead atoms. The van der Waals surface area contributed by atoms with Gasteiger partial charge in [-0.05, 0) is 36.0 Å². The van der Waals surface area contributed by atoms with Crippen LogP contribution in [0.5, 0.6) is 0 Å². The summed E-state index contributed by atoms with van der Waals surface area (Å²) in [5.74, 6) is 0.0762. The number of carboxylic acid groups (broad SMARTS) is 1. The van der Waals surface area contributed by atoms with Crippen molar-refractivity contribution in [1.82, 2.24) is 4.90 Å². The fourth-order valence-corrected chi connectivity index (χ4v) is 3.58. The molecule has 2 aliphatic rings. The number of nitrogens with zero attached hydrogens (tertiary/aromatic N) is 1. The number of benzene rings is 1. The van der Waals surface area contributed by atoms with Gasteiger partial charge in [0.25, 0.3) is 0 Å². The predicted molar refractivity (Wildman–Crippen MR) is 83.6 cm³/mol. The van der Waals surface area contributed by atoms with E-state index in [0.29, 0.717) is 0 Å². The number of hydrogen-bond donors (Lipinski definition) is 2. The molecular weight excluding hydrogens is 264 g/mol. The lowest BCUT2D eigenvalue weighted by atomic mass is 9.77. The second-order valence-electron chi connectivity index (χ2n) is 7.08. The van der Waals surface area contributed by atoms with E-state index in [4.69, 9.17) is 5.11 Å². The van der Waals surface area contributed by atoms with Crippen LogP contribution in [0.25, 0.3) is 0 Å². The van der Waals surface area contributed by atoms with Crippen molar-refractivity contribution in [3.05, 3.63) is 29.3 Å². The minimum absolute atomic E-state index is 0.0294. The normalized spacial score (nSPS) is 20.9. The van der Waals surface area contributed by atoms with E-state index in [-0.39, 0.29) is 12.0 Å². The lowest BCUT2D eigenvalue weighted by Gasteiger charge is -2.41. The molecule has 4 heteroatoms. The Balaban J connectivity index is 1.86. The zero-order valence-electron chi connectivity index (χ0n) is 12.9. The second-order valence-corrected chi connectivity index (χ2v) is 7.08. The molecule has 0 radical (unpaired) electrons. The third kappa shape index (κ3) is 3.21. The SMILES string of the molecule is CC1(C)CN(CC2CC2)Cc2cccc(NCC(=O)O)c21. The topological polar surface area (TPSA) is 52.6 Å². The number of carboxylic acids is 1. The molecule has 1 saturated carbocycles. The highest BCUT2D eigenvalue weighted by Crippen LogP contribution is 2.40. The van der Waals surface area contributed by atoms with E-state index in [1.165, 1.54) is 30.5 Å². The van der Waals surface area contributed by atoms with Crippen LogP contribution in [-0.2, 0) is 16.8 Å². The Morgan fingerprint density at radius 1 is 1.43 bits per heavy atom. The van der Waals surface area contributed by atoms with Crippen LogP contribution in [0.4, 0.5) is 5.69 Å². The zero-order valence-corrected chi connectivity index (χ0v) is 12.9. The Labute approximate surface area is 126 Å². The van der Waals surface area contributed by atoms with E-state index >= 15 is 0 Å². The second kappa shape index (κ2) is 5.34. The molecule has 1 aliphatic heterocycles. The molecule has 21 heavy (non-hydrogen) atoms. The predicted octanol–water partition coefficient (Wildman–Crippen LogP) is 2.69. The van der Waals surface area contributed by atoms with Crippen molar-refractivity contribution >= 4 is 11.7 Å². The number of fused-ring (bicyclic) bond motifs is 1. The van der Waals surface area contributed by atoms with Gasteiger partial charge in [0.1, 0.15) is 6.54 Å². The number of aliphatic carboxylic acids is 1. The van der Waals surface area contributed by atoms with Gasteiger partial charge in [0.05, 0.1) is 0 Å². The minimum Gasteiger partial charge on any atom is -0.480 e. The summed E-state index contributed by atoms with van der Waals surface area (Å²) in [5.41, 5.74) is 3.65. The van der Waals surface area contributed by atoms with Crippen LogP contribution in [0.2, 0.25) is 0 Å². The van der Waals surface area contributed by atoms with Crippen LogP contribution in [-0.4, -0.2) is 35.6 Å². The average Bonchev–Trinajstić information content (AvgIpc) is 3.18. The molecule has 2 N–H and O–H groups in total. The van der Waals surface area contributed by atoms with Gasteiger partial charge in [-0.3, -0.25) is 9.69 Å². The first-order valence-electron chi connectivity index (χ1n) is 7.76. The summed E-state index contributed by atoms with van der Waals surface area (Å²) in [7, 11) is 0.